The average molecular weight is 214 g/mol. The van der Waals surface area contributed by atoms with E-state index in [9.17, 15) is 0 Å². The summed E-state index contributed by atoms with van der Waals surface area (Å²) >= 11 is 0. The number of likely N-dealkylation sites (N-methyl/N-ethyl adjacent to an activating group) is 1. The number of hydrogen-bond acceptors (Lipinski definition) is 3. The minimum absolute atomic E-state index is 0.230. The van der Waals surface area contributed by atoms with Crippen molar-refractivity contribution in [1.29, 1.82) is 0 Å². The van der Waals surface area contributed by atoms with Crippen molar-refractivity contribution in [3.63, 3.8) is 0 Å². The first-order valence-electron chi connectivity index (χ1n) is 5.97. The van der Waals surface area contributed by atoms with Crippen LogP contribution in [0, 0.1) is 5.92 Å². The molecule has 3 heteroatoms. The van der Waals surface area contributed by atoms with Crippen LogP contribution in [0.3, 0.4) is 0 Å². The fourth-order valence-corrected chi connectivity index (χ4v) is 2.18. The van der Waals surface area contributed by atoms with Crippen molar-refractivity contribution in [2.45, 2.75) is 32.2 Å². The van der Waals surface area contributed by atoms with E-state index in [-0.39, 0.29) is 5.54 Å². The number of hydrogen-bond donors (Lipinski definition) is 1. The molecule has 0 amide bonds. The number of likely N-dealkylation sites (tertiary alicyclic amines) is 1. The molecule has 0 aromatic carbocycles. The van der Waals surface area contributed by atoms with E-state index in [1.54, 1.807) is 7.11 Å². The lowest BCUT2D eigenvalue weighted by molar-refractivity contribution is 0.0889. The van der Waals surface area contributed by atoms with E-state index in [1.165, 1.54) is 25.9 Å². The highest BCUT2D eigenvalue weighted by atomic mass is 16.5. The van der Waals surface area contributed by atoms with E-state index in [4.69, 9.17) is 4.74 Å². The molecule has 0 radical (unpaired) electrons. The first-order valence-corrected chi connectivity index (χ1v) is 5.97. The number of piperidine rings is 1. The van der Waals surface area contributed by atoms with Crippen LogP contribution in [0.4, 0.5) is 0 Å². The molecule has 90 valence electrons. The van der Waals surface area contributed by atoms with Gasteiger partial charge in [0, 0.05) is 25.8 Å². The molecular weight excluding hydrogens is 188 g/mol. The smallest absolute Gasteiger partial charge is 0.0491 e. The molecule has 15 heavy (non-hydrogen) atoms. The van der Waals surface area contributed by atoms with E-state index < -0.39 is 0 Å². The van der Waals surface area contributed by atoms with E-state index >= 15 is 0 Å². The maximum Gasteiger partial charge on any atom is 0.0491 e. The van der Waals surface area contributed by atoms with Gasteiger partial charge in [0.05, 0.1) is 0 Å². The number of ether oxygens (including phenoxy) is 1. The number of nitrogens with zero attached hydrogens (tertiary/aromatic N) is 1. The average Bonchev–Trinajstić information content (AvgIpc) is 2.21. The van der Waals surface area contributed by atoms with Crippen LogP contribution in [-0.4, -0.2) is 50.8 Å². The third-order valence-corrected chi connectivity index (χ3v) is 3.41. The quantitative estimate of drug-likeness (QED) is 0.747. The highest BCUT2D eigenvalue weighted by Gasteiger charge is 2.24. The van der Waals surface area contributed by atoms with Crippen molar-refractivity contribution >= 4 is 0 Å². The van der Waals surface area contributed by atoms with Crippen molar-refractivity contribution in [3.8, 4) is 0 Å². The third kappa shape index (κ3) is 4.49. The van der Waals surface area contributed by atoms with Crippen molar-refractivity contribution < 1.29 is 4.74 Å². The molecule has 0 atom stereocenters. The van der Waals surface area contributed by atoms with Gasteiger partial charge in [0.1, 0.15) is 0 Å². The summed E-state index contributed by atoms with van der Waals surface area (Å²) < 4.78 is 5.21. The summed E-state index contributed by atoms with van der Waals surface area (Å²) in [5.74, 6) is 0.781. The van der Waals surface area contributed by atoms with Gasteiger partial charge in [0.15, 0.2) is 0 Å². The molecule has 0 unspecified atom stereocenters. The highest BCUT2D eigenvalue weighted by Crippen LogP contribution is 2.18. The zero-order valence-electron chi connectivity index (χ0n) is 10.7. The van der Waals surface area contributed by atoms with Crippen LogP contribution in [0.1, 0.15) is 26.7 Å². The maximum absolute atomic E-state index is 5.21. The number of nitrogens with one attached hydrogen (secondary N) is 1. The van der Waals surface area contributed by atoms with Gasteiger partial charge >= 0.3 is 0 Å². The van der Waals surface area contributed by atoms with Gasteiger partial charge < -0.3 is 15.0 Å². The number of methoxy groups -OCH3 is 1. The fraction of sp³-hybridized carbons (Fsp3) is 1.00. The molecule has 0 aromatic heterocycles. The van der Waals surface area contributed by atoms with Gasteiger partial charge in [-0.1, -0.05) is 0 Å². The van der Waals surface area contributed by atoms with E-state index in [1.807, 2.05) is 7.05 Å². The second kappa shape index (κ2) is 5.83. The molecule has 1 heterocycles. The molecule has 1 aliphatic rings. The standard InChI is InChI=1S/C12H26N2O/c1-12(2,13-3)10-14-7-5-11(6-8-14)9-15-4/h11,13H,5-10H2,1-4H3. The van der Waals surface area contributed by atoms with E-state index in [2.05, 4.69) is 24.1 Å². The van der Waals surface area contributed by atoms with Gasteiger partial charge in [-0.15, -0.1) is 0 Å². The Labute approximate surface area is 94.2 Å². The predicted molar refractivity (Wildman–Crippen MR) is 64.2 cm³/mol. The van der Waals surface area contributed by atoms with Crippen LogP contribution >= 0.6 is 0 Å². The largest absolute Gasteiger partial charge is 0.384 e. The molecule has 3 nitrogen and oxygen atoms in total. The molecule has 1 rings (SSSR count). The molecule has 1 saturated heterocycles. The van der Waals surface area contributed by atoms with Gasteiger partial charge in [0.25, 0.3) is 0 Å². The third-order valence-electron chi connectivity index (χ3n) is 3.41. The van der Waals surface area contributed by atoms with Crippen molar-refractivity contribution in [1.82, 2.24) is 10.2 Å². The first-order chi connectivity index (χ1) is 7.07. The maximum atomic E-state index is 5.21. The molecule has 1 fully saturated rings. The summed E-state index contributed by atoms with van der Waals surface area (Å²) in [6, 6.07) is 0. The fourth-order valence-electron chi connectivity index (χ4n) is 2.18. The Kier molecular flexibility index (Phi) is 5.03. The molecule has 1 N–H and O–H groups in total. The lowest BCUT2D eigenvalue weighted by Crippen LogP contribution is -2.49. The molecule has 0 spiro atoms. The van der Waals surface area contributed by atoms with Crippen molar-refractivity contribution in [3.05, 3.63) is 0 Å². The van der Waals surface area contributed by atoms with E-state index in [0.717, 1.165) is 19.1 Å². The summed E-state index contributed by atoms with van der Waals surface area (Å²) in [5, 5.41) is 3.36. The number of rotatable bonds is 5. The van der Waals surface area contributed by atoms with Crippen LogP contribution in [0.25, 0.3) is 0 Å². The molecule has 0 aliphatic carbocycles. The van der Waals surface area contributed by atoms with Gasteiger partial charge in [-0.25, -0.2) is 0 Å². The Hall–Kier alpha value is -0.120. The monoisotopic (exact) mass is 214 g/mol. The summed E-state index contributed by atoms with van der Waals surface area (Å²) in [6.07, 6.45) is 2.57. The molecule has 1 aliphatic heterocycles. The second-order valence-electron chi connectivity index (χ2n) is 5.31. The van der Waals surface area contributed by atoms with Gasteiger partial charge in [-0.05, 0) is 52.7 Å². The summed E-state index contributed by atoms with van der Waals surface area (Å²) in [7, 11) is 3.84. The lowest BCUT2D eigenvalue weighted by Gasteiger charge is -2.37. The lowest BCUT2D eigenvalue weighted by atomic mass is 9.96. The Morgan fingerprint density at radius 3 is 2.40 bits per heavy atom. The Morgan fingerprint density at radius 2 is 1.93 bits per heavy atom. The molecule has 0 bridgehead atoms. The van der Waals surface area contributed by atoms with Gasteiger partial charge in [-0.2, -0.15) is 0 Å². The Bertz CT molecular complexity index is 174. The van der Waals surface area contributed by atoms with Gasteiger partial charge in [0.2, 0.25) is 0 Å². The van der Waals surface area contributed by atoms with E-state index in [0.29, 0.717) is 0 Å². The second-order valence-corrected chi connectivity index (χ2v) is 5.31. The van der Waals surface area contributed by atoms with Crippen LogP contribution in [0.2, 0.25) is 0 Å². The predicted octanol–water partition coefficient (Wildman–Crippen LogP) is 1.34. The minimum Gasteiger partial charge on any atom is -0.384 e. The van der Waals surface area contributed by atoms with Crippen molar-refractivity contribution in [2.75, 3.05) is 40.4 Å². The SMILES string of the molecule is CNC(C)(C)CN1CCC(COC)CC1. The zero-order valence-corrected chi connectivity index (χ0v) is 10.7. The zero-order chi connectivity index (χ0) is 11.3. The summed E-state index contributed by atoms with van der Waals surface area (Å²) in [6.45, 7) is 9.03. The van der Waals surface area contributed by atoms with Gasteiger partial charge in [-0.3, -0.25) is 0 Å². The molecular formula is C12H26N2O. The molecule has 0 saturated carbocycles. The van der Waals surface area contributed by atoms with Crippen LogP contribution in [-0.2, 0) is 4.74 Å². The topological polar surface area (TPSA) is 24.5 Å². The summed E-state index contributed by atoms with van der Waals surface area (Å²) in [4.78, 5) is 2.56. The van der Waals surface area contributed by atoms with Crippen molar-refractivity contribution in [2.24, 2.45) is 5.92 Å². The Morgan fingerprint density at radius 1 is 1.33 bits per heavy atom. The highest BCUT2D eigenvalue weighted by molar-refractivity contribution is 4.82. The molecule has 0 aromatic rings. The normalized spacial score (nSPS) is 20.8. The minimum atomic E-state index is 0.230. The summed E-state index contributed by atoms with van der Waals surface area (Å²) in [5.41, 5.74) is 0.230. The van der Waals surface area contributed by atoms with Crippen LogP contribution < -0.4 is 5.32 Å². The first kappa shape index (κ1) is 12.9. The van der Waals surface area contributed by atoms with Crippen LogP contribution in [0.5, 0.6) is 0 Å². The van der Waals surface area contributed by atoms with Crippen LogP contribution in [0.15, 0.2) is 0 Å². The Balaban J connectivity index is 2.25.